The second kappa shape index (κ2) is 9.38. The maximum absolute atomic E-state index is 13.3. The minimum Gasteiger partial charge on any atom is -0.369 e. The lowest BCUT2D eigenvalue weighted by Gasteiger charge is -2.35. The number of aromatic nitrogens is 2. The molecule has 0 aliphatic carbocycles. The van der Waals surface area contributed by atoms with Crippen molar-refractivity contribution in [1.82, 2.24) is 14.9 Å². The van der Waals surface area contributed by atoms with E-state index >= 15 is 0 Å². The number of likely N-dealkylation sites (N-methyl/N-ethyl adjacent to an activating group) is 1. The van der Waals surface area contributed by atoms with Crippen LogP contribution >= 0.6 is 0 Å². The van der Waals surface area contributed by atoms with E-state index in [1.54, 1.807) is 12.4 Å². The summed E-state index contributed by atoms with van der Waals surface area (Å²) in [6, 6.07) is 21.5. The molecular formula is C27H27N5O. The van der Waals surface area contributed by atoms with Crippen molar-refractivity contribution in [3.05, 3.63) is 84.7 Å². The van der Waals surface area contributed by atoms with Crippen molar-refractivity contribution >= 4 is 28.2 Å². The van der Waals surface area contributed by atoms with Crippen molar-refractivity contribution in [3.8, 4) is 11.3 Å². The van der Waals surface area contributed by atoms with Crippen molar-refractivity contribution in [2.45, 2.75) is 6.92 Å². The van der Waals surface area contributed by atoms with E-state index in [4.69, 9.17) is 4.98 Å². The smallest absolute Gasteiger partial charge is 0.256 e. The molecule has 5 rings (SSSR count). The van der Waals surface area contributed by atoms with Gasteiger partial charge in [-0.3, -0.25) is 9.78 Å². The molecule has 166 valence electrons. The van der Waals surface area contributed by atoms with Gasteiger partial charge in [0.2, 0.25) is 0 Å². The third-order valence-electron chi connectivity index (χ3n) is 6.25. The number of carbonyl (C=O) groups excluding carboxylic acids is 1. The van der Waals surface area contributed by atoms with Gasteiger partial charge in [-0.1, -0.05) is 25.1 Å². The van der Waals surface area contributed by atoms with Crippen LogP contribution in [0.1, 0.15) is 17.3 Å². The van der Waals surface area contributed by atoms with Gasteiger partial charge in [0.15, 0.2) is 0 Å². The number of hydrogen-bond donors (Lipinski definition) is 1. The number of rotatable bonds is 5. The first kappa shape index (κ1) is 21.1. The summed E-state index contributed by atoms with van der Waals surface area (Å²) >= 11 is 0. The zero-order valence-electron chi connectivity index (χ0n) is 18.7. The van der Waals surface area contributed by atoms with Gasteiger partial charge in [-0.2, -0.15) is 0 Å². The van der Waals surface area contributed by atoms with Crippen LogP contribution in [-0.4, -0.2) is 53.5 Å². The minimum absolute atomic E-state index is 0.145. The number of fused-ring (bicyclic) bond motifs is 1. The average molecular weight is 438 g/mol. The molecule has 1 amide bonds. The first-order valence-corrected chi connectivity index (χ1v) is 11.4. The highest BCUT2D eigenvalue weighted by Gasteiger charge is 2.17. The largest absolute Gasteiger partial charge is 0.369 e. The maximum atomic E-state index is 13.3. The number of amides is 1. The second-order valence-electron chi connectivity index (χ2n) is 8.23. The Kier molecular flexibility index (Phi) is 6.00. The molecule has 0 bridgehead atoms. The molecule has 2 aromatic heterocycles. The van der Waals surface area contributed by atoms with E-state index in [0.717, 1.165) is 60.6 Å². The Labute approximate surface area is 193 Å². The number of benzene rings is 2. The van der Waals surface area contributed by atoms with Crippen LogP contribution in [0.25, 0.3) is 22.2 Å². The number of nitrogens with zero attached hydrogens (tertiary/aromatic N) is 4. The zero-order valence-corrected chi connectivity index (χ0v) is 18.7. The predicted octanol–water partition coefficient (Wildman–Crippen LogP) is 4.69. The van der Waals surface area contributed by atoms with Crippen LogP contribution in [0.2, 0.25) is 0 Å². The number of hydrogen-bond acceptors (Lipinski definition) is 5. The Balaban J connectivity index is 1.38. The molecule has 0 spiro atoms. The highest BCUT2D eigenvalue weighted by Crippen LogP contribution is 2.26. The van der Waals surface area contributed by atoms with E-state index in [-0.39, 0.29) is 5.91 Å². The summed E-state index contributed by atoms with van der Waals surface area (Å²) in [6.07, 6.45) is 3.46. The topological polar surface area (TPSA) is 61.4 Å². The molecule has 1 saturated heterocycles. The van der Waals surface area contributed by atoms with Crippen molar-refractivity contribution in [3.63, 3.8) is 0 Å². The summed E-state index contributed by atoms with van der Waals surface area (Å²) < 4.78 is 0. The first-order chi connectivity index (χ1) is 16.2. The molecule has 1 aliphatic heterocycles. The van der Waals surface area contributed by atoms with Crippen molar-refractivity contribution < 1.29 is 4.79 Å². The molecule has 1 fully saturated rings. The fraction of sp³-hybridized carbons (Fsp3) is 0.222. The van der Waals surface area contributed by atoms with Crippen LogP contribution in [0.4, 0.5) is 11.4 Å². The molecule has 2 aromatic carbocycles. The molecule has 1 aliphatic rings. The summed E-state index contributed by atoms with van der Waals surface area (Å²) in [7, 11) is 0. The Morgan fingerprint density at radius 1 is 0.939 bits per heavy atom. The van der Waals surface area contributed by atoms with Crippen LogP contribution in [0.3, 0.4) is 0 Å². The van der Waals surface area contributed by atoms with Gasteiger partial charge in [-0.05, 0) is 55.1 Å². The van der Waals surface area contributed by atoms with Gasteiger partial charge in [0.1, 0.15) is 0 Å². The minimum atomic E-state index is -0.145. The van der Waals surface area contributed by atoms with Crippen LogP contribution < -0.4 is 10.2 Å². The van der Waals surface area contributed by atoms with E-state index in [1.165, 1.54) is 5.69 Å². The second-order valence-corrected chi connectivity index (χ2v) is 8.23. The number of para-hydroxylation sites is 1. The molecule has 6 nitrogen and oxygen atoms in total. The lowest BCUT2D eigenvalue weighted by molar-refractivity contribution is 0.102. The maximum Gasteiger partial charge on any atom is 0.256 e. The quantitative estimate of drug-likeness (QED) is 0.491. The van der Waals surface area contributed by atoms with Gasteiger partial charge < -0.3 is 15.1 Å². The van der Waals surface area contributed by atoms with Crippen LogP contribution in [0.5, 0.6) is 0 Å². The number of anilines is 2. The third-order valence-corrected chi connectivity index (χ3v) is 6.25. The van der Waals surface area contributed by atoms with Gasteiger partial charge in [-0.25, -0.2) is 4.98 Å². The van der Waals surface area contributed by atoms with Crippen molar-refractivity contribution in [2.75, 3.05) is 42.9 Å². The van der Waals surface area contributed by atoms with E-state index in [2.05, 4.69) is 39.2 Å². The SMILES string of the molecule is CCN1CCN(c2ccc(NC(=O)c3cc(-c4ccncc4)nc4ccccc34)cc2)CC1. The monoisotopic (exact) mass is 437 g/mol. The number of nitrogens with one attached hydrogen (secondary N) is 1. The first-order valence-electron chi connectivity index (χ1n) is 11.4. The van der Waals surface area contributed by atoms with Crippen LogP contribution in [-0.2, 0) is 0 Å². The predicted molar refractivity (Wildman–Crippen MR) is 134 cm³/mol. The van der Waals surface area contributed by atoms with Gasteiger partial charge in [0, 0.05) is 60.9 Å². The lowest BCUT2D eigenvalue weighted by atomic mass is 10.0. The van der Waals surface area contributed by atoms with Crippen molar-refractivity contribution in [1.29, 1.82) is 0 Å². The number of carbonyl (C=O) groups is 1. The van der Waals surface area contributed by atoms with E-state index in [1.807, 2.05) is 54.6 Å². The Bertz CT molecular complexity index is 1250. The summed E-state index contributed by atoms with van der Waals surface area (Å²) in [4.78, 5) is 27.0. The molecule has 0 radical (unpaired) electrons. The van der Waals surface area contributed by atoms with Gasteiger partial charge >= 0.3 is 0 Å². The third kappa shape index (κ3) is 4.56. The molecule has 0 saturated carbocycles. The van der Waals surface area contributed by atoms with E-state index < -0.39 is 0 Å². The molecular weight excluding hydrogens is 410 g/mol. The summed E-state index contributed by atoms with van der Waals surface area (Å²) in [5, 5.41) is 3.90. The number of piperazine rings is 1. The standard InChI is InChI=1S/C27H27N5O/c1-2-31-15-17-32(18-16-31)22-9-7-21(8-10-22)29-27(33)24-19-26(20-11-13-28-14-12-20)30-25-6-4-3-5-23(24)25/h3-14,19H,2,15-18H2,1H3,(H,29,33). The Morgan fingerprint density at radius 2 is 1.67 bits per heavy atom. The highest BCUT2D eigenvalue weighted by molar-refractivity contribution is 6.13. The van der Waals surface area contributed by atoms with Gasteiger partial charge in [-0.15, -0.1) is 0 Å². The van der Waals surface area contributed by atoms with Crippen LogP contribution in [0, 0.1) is 0 Å². The molecule has 1 N–H and O–H groups in total. The van der Waals surface area contributed by atoms with E-state index in [9.17, 15) is 4.79 Å². The molecule has 33 heavy (non-hydrogen) atoms. The molecule has 0 atom stereocenters. The van der Waals surface area contributed by atoms with E-state index in [0.29, 0.717) is 5.56 Å². The molecule has 0 unspecified atom stereocenters. The summed E-state index contributed by atoms with van der Waals surface area (Å²) in [5.41, 5.74) is 5.05. The Morgan fingerprint density at radius 3 is 2.39 bits per heavy atom. The van der Waals surface area contributed by atoms with Crippen LogP contribution in [0.15, 0.2) is 79.1 Å². The fourth-order valence-corrected chi connectivity index (χ4v) is 4.31. The average Bonchev–Trinajstić information content (AvgIpc) is 2.89. The highest BCUT2D eigenvalue weighted by atomic mass is 16.1. The van der Waals surface area contributed by atoms with Gasteiger partial charge in [0.05, 0.1) is 16.8 Å². The lowest BCUT2D eigenvalue weighted by Crippen LogP contribution is -2.46. The molecule has 3 heterocycles. The summed E-state index contributed by atoms with van der Waals surface area (Å²) in [6.45, 7) is 7.54. The van der Waals surface area contributed by atoms with Gasteiger partial charge in [0.25, 0.3) is 5.91 Å². The summed E-state index contributed by atoms with van der Waals surface area (Å²) in [5.74, 6) is -0.145. The normalized spacial score (nSPS) is 14.4. The zero-order chi connectivity index (χ0) is 22.6. The number of pyridine rings is 2. The molecule has 6 heteroatoms. The fourth-order valence-electron chi connectivity index (χ4n) is 4.31. The van der Waals surface area contributed by atoms with Crippen molar-refractivity contribution in [2.24, 2.45) is 0 Å². The Hall–Kier alpha value is -3.77. The molecule has 4 aromatic rings.